The first kappa shape index (κ1) is 14.2. The minimum atomic E-state index is -0.159. The third-order valence-corrected chi connectivity index (χ3v) is 4.60. The van der Waals surface area contributed by atoms with Gasteiger partial charge in [-0.1, -0.05) is 11.3 Å². The van der Waals surface area contributed by atoms with Crippen LogP contribution >= 0.6 is 0 Å². The van der Waals surface area contributed by atoms with Crippen LogP contribution in [0.3, 0.4) is 0 Å². The number of carbonyl (C=O) groups is 1. The molecule has 1 fully saturated rings. The molecule has 0 bridgehead atoms. The second-order valence-corrected chi connectivity index (χ2v) is 6.15. The Morgan fingerprint density at radius 3 is 3.13 bits per heavy atom. The Morgan fingerprint density at radius 2 is 2.30 bits per heavy atom. The summed E-state index contributed by atoms with van der Waals surface area (Å²) in [4.78, 5) is 14.5. The standard InChI is InChI=1S/C16H18N4O3/c1-10-2-3-12(14(21)6-10)16(22)19-5-4-15-13(8-19)20-11(9-23-15)7-17-18-20/h2-3,6-7,13,15,21H,4-5,8-9H2,1H3. The monoisotopic (exact) mass is 314 g/mol. The van der Waals surface area contributed by atoms with Crippen molar-refractivity contribution in [3.63, 3.8) is 0 Å². The number of benzene rings is 1. The summed E-state index contributed by atoms with van der Waals surface area (Å²) in [5, 5.41) is 18.1. The lowest BCUT2D eigenvalue weighted by Gasteiger charge is -2.41. The number of piperidine rings is 1. The van der Waals surface area contributed by atoms with Gasteiger partial charge in [-0.15, -0.1) is 5.10 Å². The molecule has 120 valence electrons. The van der Waals surface area contributed by atoms with Gasteiger partial charge in [-0.3, -0.25) is 4.79 Å². The number of hydrogen-bond donors (Lipinski definition) is 1. The molecule has 0 aliphatic carbocycles. The van der Waals surface area contributed by atoms with Gasteiger partial charge in [0.15, 0.2) is 0 Å². The number of carbonyl (C=O) groups excluding carboxylic acids is 1. The van der Waals surface area contributed by atoms with Crippen molar-refractivity contribution in [1.29, 1.82) is 0 Å². The quantitative estimate of drug-likeness (QED) is 0.857. The number of hydrogen-bond acceptors (Lipinski definition) is 5. The van der Waals surface area contributed by atoms with Gasteiger partial charge in [0, 0.05) is 13.1 Å². The summed E-state index contributed by atoms with van der Waals surface area (Å²) < 4.78 is 7.72. The lowest BCUT2D eigenvalue weighted by Crippen LogP contribution is -2.49. The number of phenols is 1. The average molecular weight is 314 g/mol. The zero-order valence-corrected chi connectivity index (χ0v) is 12.8. The van der Waals surface area contributed by atoms with Crippen LogP contribution in [-0.4, -0.2) is 50.1 Å². The van der Waals surface area contributed by atoms with E-state index in [-0.39, 0.29) is 23.8 Å². The molecule has 2 aromatic rings. The third-order valence-electron chi connectivity index (χ3n) is 4.60. The van der Waals surface area contributed by atoms with E-state index < -0.39 is 0 Å². The Bertz CT molecular complexity index is 758. The van der Waals surface area contributed by atoms with E-state index in [0.717, 1.165) is 17.7 Å². The molecule has 2 aliphatic heterocycles. The van der Waals surface area contributed by atoms with E-state index in [1.807, 2.05) is 17.7 Å². The molecule has 2 unspecified atom stereocenters. The number of nitrogens with zero attached hydrogens (tertiary/aromatic N) is 4. The molecule has 1 aromatic carbocycles. The van der Waals surface area contributed by atoms with Crippen LogP contribution in [0.15, 0.2) is 24.4 Å². The van der Waals surface area contributed by atoms with Crippen molar-refractivity contribution >= 4 is 5.91 Å². The predicted octanol–water partition coefficient (Wildman–Crippen LogP) is 1.28. The van der Waals surface area contributed by atoms with Gasteiger partial charge in [-0.2, -0.15) is 0 Å². The summed E-state index contributed by atoms with van der Waals surface area (Å²) in [5.74, 6) is -0.133. The maximum Gasteiger partial charge on any atom is 0.257 e. The molecule has 0 radical (unpaired) electrons. The van der Waals surface area contributed by atoms with Gasteiger partial charge in [-0.25, -0.2) is 4.68 Å². The van der Waals surface area contributed by atoms with Gasteiger partial charge in [0.05, 0.1) is 36.2 Å². The largest absolute Gasteiger partial charge is 0.507 e. The Morgan fingerprint density at radius 1 is 1.43 bits per heavy atom. The third kappa shape index (κ3) is 2.37. The van der Waals surface area contributed by atoms with Crippen molar-refractivity contribution in [3.8, 4) is 5.75 Å². The first-order valence-electron chi connectivity index (χ1n) is 7.73. The summed E-state index contributed by atoms with van der Waals surface area (Å²) in [6.45, 7) is 3.51. The second-order valence-electron chi connectivity index (χ2n) is 6.15. The normalized spacial score (nSPS) is 23.3. The molecule has 1 saturated heterocycles. The van der Waals surface area contributed by atoms with Gasteiger partial charge in [0.25, 0.3) is 5.91 Å². The van der Waals surface area contributed by atoms with E-state index in [9.17, 15) is 9.90 Å². The summed E-state index contributed by atoms with van der Waals surface area (Å²) in [6, 6.07) is 5.10. The van der Waals surface area contributed by atoms with Crippen molar-refractivity contribution in [3.05, 3.63) is 41.2 Å². The molecule has 2 atom stereocenters. The average Bonchev–Trinajstić information content (AvgIpc) is 3.03. The Kier molecular flexibility index (Phi) is 3.30. The molecule has 7 nitrogen and oxygen atoms in total. The molecule has 3 heterocycles. The lowest BCUT2D eigenvalue weighted by atomic mass is 9.99. The molecular weight excluding hydrogens is 296 g/mol. The summed E-state index contributed by atoms with van der Waals surface area (Å²) in [6.07, 6.45) is 2.50. The summed E-state index contributed by atoms with van der Waals surface area (Å²) in [5.41, 5.74) is 2.19. The van der Waals surface area contributed by atoms with E-state index >= 15 is 0 Å². The Labute approximate surface area is 133 Å². The minimum absolute atomic E-state index is 0.0217. The molecule has 1 N–H and O–H groups in total. The highest BCUT2D eigenvalue weighted by atomic mass is 16.5. The highest BCUT2D eigenvalue weighted by Crippen LogP contribution is 2.31. The van der Waals surface area contributed by atoms with Crippen molar-refractivity contribution in [1.82, 2.24) is 19.9 Å². The van der Waals surface area contributed by atoms with Crippen LogP contribution in [0.5, 0.6) is 5.75 Å². The number of phenolic OH excluding ortho intramolecular Hbond substituents is 1. The maximum atomic E-state index is 12.7. The fraction of sp³-hybridized carbons (Fsp3) is 0.438. The molecule has 0 spiro atoms. The lowest BCUT2D eigenvalue weighted by molar-refractivity contribution is -0.0605. The van der Waals surface area contributed by atoms with Crippen LogP contribution < -0.4 is 0 Å². The SMILES string of the molecule is Cc1ccc(C(=O)N2CCC3OCc4cnnn4C3C2)c(O)c1. The van der Waals surface area contributed by atoms with E-state index in [1.165, 1.54) is 0 Å². The Hall–Kier alpha value is -2.41. The zero-order valence-electron chi connectivity index (χ0n) is 12.8. The number of ether oxygens (including phenoxy) is 1. The van der Waals surface area contributed by atoms with E-state index in [4.69, 9.17) is 4.74 Å². The number of aromatic nitrogens is 3. The number of rotatable bonds is 1. The summed E-state index contributed by atoms with van der Waals surface area (Å²) in [7, 11) is 0. The first-order valence-corrected chi connectivity index (χ1v) is 7.73. The highest BCUT2D eigenvalue weighted by Gasteiger charge is 2.38. The number of aryl methyl sites for hydroxylation is 1. The van der Waals surface area contributed by atoms with Gasteiger partial charge in [0.1, 0.15) is 5.75 Å². The van der Waals surface area contributed by atoms with Crippen LogP contribution in [0.25, 0.3) is 0 Å². The zero-order chi connectivity index (χ0) is 16.0. The molecule has 1 amide bonds. The molecule has 2 aliphatic rings. The Balaban J connectivity index is 1.59. The first-order chi connectivity index (χ1) is 11.1. The predicted molar refractivity (Wildman–Crippen MR) is 81.0 cm³/mol. The molecule has 4 rings (SSSR count). The van der Waals surface area contributed by atoms with Crippen molar-refractivity contribution < 1.29 is 14.6 Å². The van der Waals surface area contributed by atoms with Crippen LogP contribution in [-0.2, 0) is 11.3 Å². The van der Waals surface area contributed by atoms with Crippen LogP contribution in [0.4, 0.5) is 0 Å². The van der Waals surface area contributed by atoms with E-state index in [0.29, 0.717) is 25.3 Å². The molecule has 23 heavy (non-hydrogen) atoms. The number of likely N-dealkylation sites (tertiary alicyclic amines) is 1. The van der Waals surface area contributed by atoms with Gasteiger partial charge in [0.2, 0.25) is 0 Å². The number of aromatic hydroxyl groups is 1. The van der Waals surface area contributed by atoms with Crippen molar-refractivity contribution in [2.45, 2.75) is 32.1 Å². The van der Waals surface area contributed by atoms with Crippen LogP contribution in [0, 0.1) is 6.92 Å². The fourth-order valence-corrected chi connectivity index (χ4v) is 3.36. The topological polar surface area (TPSA) is 80.5 Å². The van der Waals surface area contributed by atoms with Crippen molar-refractivity contribution in [2.75, 3.05) is 13.1 Å². The fourth-order valence-electron chi connectivity index (χ4n) is 3.36. The van der Waals surface area contributed by atoms with Crippen LogP contribution in [0.1, 0.15) is 34.1 Å². The van der Waals surface area contributed by atoms with Gasteiger partial charge < -0.3 is 14.7 Å². The number of amides is 1. The molecule has 0 saturated carbocycles. The molecule has 7 heteroatoms. The highest BCUT2D eigenvalue weighted by molar-refractivity contribution is 5.97. The van der Waals surface area contributed by atoms with Crippen LogP contribution in [0.2, 0.25) is 0 Å². The van der Waals surface area contributed by atoms with Gasteiger partial charge >= 0.3 is 0 Å². The van der Waals surface area contributed by atoms with E-state index in [1.54, 1.807) is 23.2 Å². The van der Waals surface area contributed by atoms with E-state index in [2.05, 4.69) is 10.3 Å². The number of fused-ring (bicyclic) bond motifs is 3. The minimum Gasteiger partial charge on any atom is -0.507 e. The summed E-state index contributed by atoms with van der Waals surface area (Å²) >= 11 is 0. The smallest absolute Gasteiger partial charge is 0.257 e. The van der Waals surface area contributed by atoms with Gasteiger partial charge in [-0.05, 0) is 31.0 Å². The second kappa shape index (κ2) is 5.34. The van der Waals surface area contributed by atoms with Crippen molar-refractivity contribution in [2.24, 2.45) is 0 Å². The molecular formula is C16H18N4O3. The maximum absolute atomic E-state index is 12.7. The molecule has 1 aromatic heterocycles.